The Bertz CT molecular complexity index is 2360. The van der Waals surface area contributed by atoms with Crippen LogP contribution in [-0.2, 0) is 50.5 Å². The van der Waals surface area contributed by atoms with Crippen LogP contribution in [0.25, 0.3) is 0 Å². The molecular formula is C54H65BrF3NO8Si2. The van der Waals surface area contributed by atoms with Crippen molar-refractivity contribution in [2.45, 2.75) is 134 Å². The first-order valence-electron chi connectivity index (χ1n) is 23.2. The van der Waals surface area contributed by atoms with Gasteiger partial charge < -0.3 is 32.5 Å². The highest BCUT2D eigenvalue weighted by Crippen LogP contribution is 2.43. The zero-order valence-corrected chi connectivity index (χ0v) is 44.5. The van der Waals surface area contributed by atoms with E-state index in [1.54, 1.807) is 18.2 Å². The number of carbonyl (C=O) groups is 1. The maximum absolute atomic E-state index is 15.1. The van der Waals surface area contributed by atoms with E-state index in [0.29, 0.717) is 0 Å². The van der Waals surface area contributed by atoms with Crippen molar-refractivity contribution >= 4 is 60.5 Å². The van der Waals surface area contributed by atoms with Gasteiger partial charge in [0.25, 0.3) is 14.2 Å². The molecule has 0 bridgehead atoms. The number of benzene rings is 5. The molecule has 0 radical (unpaired) electrons. The minimum Gasteiger partial charge on any atom is -0.453 e. The molecule has 0 aromatic heterocycles. The second-order valence-electron chi connectivity index (χ2n) is 19.9. The average molecular weight is 1050 g/mol. The van der Waals surface area contributed by atoms with Crippen LogP contribution < -0.4 is 10.4 Å². The monoisotopic (exact) mass is 1050 g/mol. The Morgan fingerprint density at radius 3 is 1.71 bits per heavy atom. The van der Waals surface area contributed by atoms with Crippen LogP contribution in [-0.4, -0.2) is 78.1 Å². The summed E-state index contributed by atoms with van der Waals surface area (Å²) in [5.41, 5.74) is 1.72. The molecule has 1 aliphatic rings. The van der Waals surface area contributed by atoms with Gasteiger partial charge in [-0.15, -0.1) is 0 Å². The number of hydrogen-bond acceptors (Lipinski definition) is 9. The fourth-order valence-electron chi connectivity index (χ4n) is 8.20. The smallest absolute Gasteiger partial charge is 0.453 e. The van der Waals surface area contributed by atoms with Gasteiger partial charge in [-0.05, 0) is 68.9 Å². The topological polar surface area (TPSA) is 94.0 Å². The Labute approximate surface area is 416 Å². The second kappa shape index (κ2) is 23.2. The van der Waals surface area contributed by atoms with Crippen molar-refractivity contribution in [3.63, 3.8) is 0 Å². The van der Waals surface area contributed by atoms with E-state index in [9.17, 15) is 4.79 Å². The van der Waals surface area contributed by atoms with Crippen molar-refractivity contribution in [1.29, 1.82) is 0 Å². The highest BCUT2D eigenvalue weighted by molar-refractivity contribution is 9.10. The average Bonchev–Trinajstić information content (AvgIpc) is 3.29. The van der Waals surface area contributed by atoms with Crippen molar-refractivity contribution < 1.29 is 50.5 Å². The summed E-state index contributed by atoms with van der Waals surface area (Å²) >= 11 is 3.51. The predicted octanol–water partition coefficient (Wildman–Crippen LogP) is 12.2. The molecule has 1 saturated heterocycles. The maximum Gasteiger partial charge on any atom is 0.468 e. The van der Waals surface area contributed by atoms with Crippen LogP contribution in [0.5, 0.6) is 0 Å². The van der Waals surface area contributed by atoms with Gasteiger partial charge in [0.1, 0.15) is 12.2 Å². The quantitative estimate of drug-likeness (QED) is 0.0371. The summed E-state index contributed by atoms with van der Waals surface area (Å²) in [6, 6.07) is 45.4. The minimum atomic E-state index is -5.08. The molecule has 0 aliphatic carbocycles. The molecule has 370 valence electrons. The molecule has 1 fully saturated rings. The number of alkyl halides is 3. The fraction of sp³-hybridized carbons (Fsp3) is 0.407. The Balaban J connectivity index is 1.51. The summed E-state index contributed by atoms with van der Waals surface area (Å²) in [5, 5.41) is 1.34. The Morgan fingerprint density at radius 2 is 1.20 bits per heavy atom. The molecule has 0 spiro atoms. The number of nitrogens with zero attached hydrogens (tertiary/aromatic N) is 1. The second-order valence-corrected chi connectivity index (χ2v) is 29.8. The molecule has 5 aromatic rings. The summed E-state index contributed by atoms with van der Waals surface area (Å²) in [7, 11) is -6.02. The third-order valence-corrected chi connectivity index (χ3v) is 22.7. The minimum absolute atomic E-state index is 0.000794. The molecule has 0 saturated carbocycles. The summed E-state index contributed by atoms with van der Waals surface area (Å²) in [6.07, 6.45) is -12.5. The van der Waals surface area contributed by atoms with Crippen molar-refractivity contribution in [2.24, 2.45) is 4.99 Å². The summed E-state index contributed by atoms with van der Waals surface area (Å²) in [5.74, 6) is -2.36. The first kappa shape index (κ1) is 53.9. The normalized spacial score (nSPS) is 20.0. The van der Waals surface area contributed by atoms with Crippen molar-refractivity contribution in [3.05, 3.63) is 161 Å². The molecule has 5 aromatic carbocycles. The van der Waals surface area contributed by atoms with Gasteiger partial charge in [0.15, 0.2) is 14.4 Å². The lowest BCUT2D eigenvalue weighted by atomic mass is 9.94. The fourth-order valence-corrected chi connectivity index (χ4v) is 14.4. The number of aliphatic imine (C=N–C) groups is 1. The summed E-state index contributed by atoms with van der Waals surface area (Å²) in [6.45, 7) is 18.2. The lowest BCUT2D eigenvalue weighted by Gasteiger charge is -2.50. The van der Waals surface area contributed by atoms with Crippen LogP contribution >= 0.6 is 15.9 Å². The largest absolute Gasteiger partial charge is 0.468 e. The van der Waals surface area contributed by atoms with E-state index in [-0.39, 0.29) is 37.0 Å². The number of esters is 1. The van der Waals surface area contributed by atoms with Gasteiger partial charge in [-0.2, -0.15) is 13.2 Å². The molecule has 1 unspecified atom stereocenters. The van der Waals surface area contributed by atoms with E-state index in [4.69, 9.17) is 32.5 Å². The SMILES string of the molecule is CC(=O)O[C@@H]1C(OC(=Nc2ccccc2)C(F)(F)F)O[C@H](C[C@H](CO[Si](c2ccccc2)(c2ccccc2)C(C)(C)C)OCc2ccccc2)[C@@H](OCc2ccc(Br)cc2)[C@@H]1O[Si](C)(C)C(C)(C)C. The van der Waals surface area contributed by atoms with Crippen LogP contribution in [0, 0.1) is 0 Å². The van der Waals surface area contributed by atoms with Crippen LogP contribution in [0.3, 0.4) is 0 Å². The zero-order valence-electron chi connectivity index (χ0n) is 40.9. The van der Waals surface area contributed by atoms with E-state index >= 15 is 13.2 Å². The molecule has 6 atom stereocenters. The summed E-state index contributed by atoms with van der Waals surface area (Å²) in [4.78, 5) is 17.0. The number of hydrogen-bond donors (Lipinski definition) is 0. The molecule has 6 rings (SSSR count). The third kappa shape index (κ3) is 14.1. The first-order valence-corrected chi connectivity index (χ1v) is 28.8. The van der Waals surface area contributed by atoms with E-state index in [1.165, 1.54) is 19.1 Å². The van der Waals surface area contributed by atoms with Crippen LogP contribution in [0.2, 0.25) is 23.2 Å². The molecule has 1 heterocycles. The van der Waals surface area contributed by atoms with Gasteiger partial charge in [-0.1, -0.05) is 179 Å². The Hall–Kier alpha value is -4.46. The van der Waals surface area contributed by atoms with Gasteiger partial charge in [0, 0.05) is 17.8 Å². The zero-order chi connectivity index (χ0) is 50.0. The van der Waals surface area contributed by atoms with E-state index in [0.717, 1.165) is 26.0 Å². The highest BCUT2D eigenvalue weighted by atomic mass is 79.9. The molecular weight excluding hydrogens is 984 g/mol. The Kier molecular flexibility index (Phi) is 18.1. The maximum atomic E-state index is 15.1. The third-order valence-electron chi connectivity index (χ3n) is 12.7. The van der Waals surface area contributed by atoms with Crippen molar-refractivity contribution in [2.75, 3.05) is 6.61 Å². The summed E-state index contributed by atoms with van der Waals surface area (Å²) < 4.78 is 93.3. The number of ether oxygens (including phenoxy) is 5. The lowest BCUT2D eigenvalue weighted by molar-refractivity contribution is -0.295. The van der Waals surface area contributed by atoms with E-state index in [2.05, 4.69) is 66.0 Å². The predicted molar refractivity (Wildman–Crippen MR) is 273 cm³/mol. The molecule has 9 nitrogen and oxygen atoms in total. The van der Waals surface area contributed by atoms with Crippen LogP contribution in [0.15, 0.2) is 155 Å². The number of rotatable bonds is 18. The molecule has 0 N–H and O–H groups in total. The van der Waals surface area contributed by atoms with Gasteiger partial charge in [0.05, 0.1) is 37.7 Å². The number of carbonyl (C=O) groups excluding carboxylic acids is 1. The van der Waals surface area contributed by atoms with Gasteiger partial charge >= 0.3 is 12.1 Å². The highest BCUT2D eigenvalue weighted by Gasteiger charge is 2.56. The first-order chi connectivity index (χ1) is 32.6. The molecule has 69 heavy (non-hydrogen) atoms. The standard InChI is InChI=1S/C54H65BrF3NO8Si2/c1-38(60)64-49-48(67-68(8,9)52(2,3)4)47(62-36-40-30-32-41(55)33-31-40)46(65-50(49)66-51(54(56,57)58)59-42-24-16-11-17-25-42)34-43(61-35-39-22-14-10-15-23-39)37-63-69(53(5,6)7,44-26-18-12-19-27-44)45-28-20-13-21-29-45/h10-33,43,46-50H,34-37H2,1-9H3/t43-,46-,47-,48+,49+,50?/m1/s1. The van der Waals surface area contributed by atoms with Gasteiger partial charge in [-0.3, -0.25) is 4.79 Å². The van der Waals surface area contributed by atoms with E-state index < -0.39 is 76.5 Å². The van der Waals surface area contributed by atoms with Crippen LogP contribution in [0.4, 0.5) is 18.9 Å². The van der Waals surface area contributed by atoms with Crippen LogP contribution in [0.1, 0.15) is 66.0 Å². The van der Waals surface area contributed by atoms with Crippen molar-refractivity contribution in [3.8, 4) is 0 Å². The molecule has 1 aliphatic heterocycles. The number of halogens is 4. The lowest BCUT2D eigenvalue weighted by Crippen LogP contribution is -2.67. The Morgan fingerprint density at radius 1 is 0.681 bits per heavy atom. The van der Waals surface area contributed by atoms with Gasteiger partial charge in [0.2, 0.25) is 6.29 Å². The van der Waals surface area contributed by atoms with E-state index in [1.807, 2.05) is 125 Å². The molecule has 0 amide bonds. The van der Waals surface area contributed by atoms with Gasteiger partial charge in [-0.25, -0.2) is 4.99 Å². The van der Waals surface area contributed by atoms with Crippen molar-refractivity contribution in [1.82, 2.24) is 0 Å². The number of para-hydroxylation sites is 1. The molecule has 15 heteroatoms.